The number of hydrogen-bond acceptors (Lipinski definition) is 23. The molecule has 37 heteroatoms. The molecule has 0 saturated heterocycles. The number of ketones is 1. The van der Waals surface area contributed by atoms with Gasteiger partial charge >= 0.3 is 11.9 Å². The monoisotopic (exact) mass is 1960 g/mol. The van der Waals surface area contributed by atoms with Crippen molar-refractivity contribution in [1.29, 1.82) is 0 Å². The predicted molar refractivity (Wildman–Crippen MR) is 501 cm³/mol. The van der Waals surface area contributed by atoms with E-state index in [1.54, 1.807) is 97.1 Å². The lowest BCUT2D eigenvalue weighted by Gasteiger charge is -2.33. The van der Waals surface area contributed by atoms with Crippen LogP contribution >= 0.6 is 69.6 Å². The molecular weight excluding hydrogens is 1850 g/mol. The Balaban J connectivity index is 0.000000230. The van der Waals surface area contributed by atoms with Crippen LogP contribution in [-0.4, -0.2) is 265 Å². The predicted octanol–water partition coefficient (Wildman–Crippen LogP) is 14.1. The van der Waals surface area contributed by atoms with Crippen molar-refractivity contribution in [2.45, 2.75) is 85.2 Å². The summed E-state index contributed by atoms with van der Waals surface area (Å²) in [5.41, 5.74) is 15.4. The van der Waals surface area contributed by atoms with Gasteiger partial charge in [0.15, 0.2) is 15.6 Å². The number of likely N-dealkylation sites (N-methyl/N-ethyl adjacent to an activating group) is 3. The molecule has 3 atom stereocenters. The SMILES string of the molecule is CCOCCCC(=O)c1ccc(C(=O)NCCOCCOCCOCCNS(=O)(=O)c2cccc(C3CN(C)Cc4c(Cl)cc(Cl)cc43)c2)cc1.CCOCCOCCCS(=O)(=O)c1cccc(C2CN(C)Cc3c(Cl)cc(Cl)cc32)c1.CN1Cc2c(Cl)cc(Cl)cc2C(c2cccc(S(=O)(=O)NCCOCCOCCOCCN)c2)C1.O=C(O)c1ccc(C(=O)O)cc1. The summed E-state index contributed by atoms with van der Waals surface area (Å²) in [7, 11) is -4.79. The number of sulfonamides is 2. The van der Waals surface area contributed by atoms with E-state index in [1.807, 2.05) is 71.4 Å². The van der Waals surface area contributed by atoms with E-state index in [2.05, 4.69) is 29.5 Å². The molecule has 0 spiro atoms. The van der Waals surface area contributed by atoms with Gasteiger partial charge in [-0.1, -0.05) is 118 Å². The Bertz CT molecular complexity index is 5260. The van der Waals surface area contributed by atoms with Crippen LogP contribution in [-0.2, 0) is 92.1 Å². The highest BCUT2D eigenvalue weighted by Gasteiger charge is 2.32. The number of benzene rings is 8. The Morgan fingerprint density at radius 3 is 1.11 bits per heavy atom. The van der Waals surface area contributed by atoms with E-state index in [1.165, 1.54) is 24.3 Å². The molecule has 1 amide bonds. The number of nitrogens with zero attached hydrogens (tertiary/aromatic N) is 3. The maximum atomic E-state index is 13.1. The first kappa shape index (κ1) is 107. The van der Waals surface area contributed by atoms with Crippen molar-refractivity contribution >= 4 is 123 Å². The van der Waals surface area contributed by atoms with Gasteiger partial charge in [0.05, 0.1) is 124 Å². The first-order valence-electron chi connectivity index (χ1n) is 42.2. The summed E-state index contributed by atoms with van der Waals surface area (Å²) in [5.74, 6) is -2.41. The number of ether oxygens (including phenoxy) is 9. The molecule has 7 N–H and O–H groups in total. The summed E-state index contributed by atoms with van der Waals surface area (Å²) in [6, 6.07) is 43.8. The normalized spacial score (nSPS) is 15.2. The van der Waals surface area contributed by atoms with Crippen molar-refractivity contribution in [2.24, 2.45) is 5.73 Å². The second-order valence-corrected chi connectivity index (χ2v) is 38.5. The zero-order chi connectivity index (χ0) is 93.5. The van der Waals surface area contributed by atoms with E-state index < -0.39 is 41.8 Å². The lowest BCUT2D eigenvalue weighted by molar-refractivity contribution is 0.0162. The molecule has 3 unspecified atom stereocenters. The third kappa shape index (κ3) is 35.3. The Kier molecular flexibility index (Phi) is 46.1. The van der Waals surface area contributed by atoms with Gasteiger partial charge in [0.1, 0.15) is 0 Å². The van der Waals surface area contributed by atoms with Crippen LogP contribution in [0.4, 0.5) is 0 Å². The number of halogens is 6. The van der Waals surface area contributed by atoms with Crippen molar-refractivity contribution in [1.82, 2.24) is 29.5 Å². The van der Waals surface area contributed by atoms with Crippen molar-refractivity contribution in [3.63, 3.8) is 0 Å². The molecule has 8 aromatic carbocycles. The third-order valence-electron chi connectivity index (χ3n) is 20.6. The first-order valence-corrected chi connectivity index (χ1v) is 49.1. The van der Waals surface area contributed by atoms with E-state index in [9.17, 15) is 44.4 Å². The fourth-order valence-corrected chi connectivity index (χ4v) is 19.5. The number of carboxylic acid groups (broad SMARTS) is 2. The van der Waals surface area contributed by atoms with E-state index >= 15 is 0 Å². The van der Waals surface area contributed by atoms with Crippen molar-refractivity contribution < 1.29 is 97.3 Å². The molecule has 0 bridgehead atoms. The summed E-state index contributed by atoms with van der Waals surface area (Å²) in [5, 5.41) is 23.3. The molecule has 3 aliphatic rings. The summed E-state index contributed by atoms with van der Waals surface area (Å²) >= 11 is 38.3. The lowest BCUT2D eigenvalue weighted by atomic mass is 9.85. The molecular formula is C92H115Cl6N7O21S3. The van der Waals surface area contributed by atoms with Crippen molar-refractivity contribution in [3.05, 3.63) is 260 Å². The van der Waals surface area contributed by atoms with Gasteiger partial charge in [0, 0.05) is 157 Å². The number of aromatic carboxylic acids is 2. The molecule has 8 aromatic rings. The molecule has 11 rings (SSSR count). The smallest absolute Gasteiger partial charge is 0.335 e. The van der Waals surface area contributed by atoms with Gasteiger partial charge in [-0.05, 0) is 207 Å². The van der Waals surface area contributed by atoms with Crippen LogP contribution in [0.15, 0.2) is 172 Å². The molecule has 0 aromatic heterocycles. The van der Waals surface area contributed by atoms with E-state index in [-0.39, 0.29) is 82.4 Å². The standard InChI is InChI=1S/C37H47Cl2N3O8S.C24H33Cl2N3O5S.C23H29Cl2NO4S.C8H6O4/c1-3-47-15-5-8-36(43)27-9-11-28(12-10-27)37(44)40-13-16-48-18-20-50-21-19-49-17-14-41-51(45,46)31-7-4-6-29(22-31)33-25-42(2)26-34-32(33)23-30(38)24-35(34)39;1-29-16-22(21-14-19(25)15-24(26)23(21)17-29)18-3-2-4-20(13-18)35(30,31)28-6-8-33-10-12-34-11-9-32-7-5-27;1-3-29-9-10-30-8-5-11-31(27,28)19-7-4-6-17(12-19)21-15-26(2)16-22-20(21)13-18(24)14-23(22)25;9-7(10)5-1-2-6(4-3-5)8(11)12/h4,6-7,9-12,22-24,33,41H,3,5,8,13-21,25-26H2,1-2H3,(H,40,44);2-4,13-15,22,28H,5-12,16-17,27H2,1H3;4,6-7,12-14,21H,3,5,8-11,15-16H2,1-2H3;1-4H,(H,9,10)(H,11,12). The van der Waals surface area contributed by atoms with E-state index in [0.29, 0.717) is 204 Å². The van der Waals surface area contributed by atoms with Crippen LogP contribution in [0.1, 0.15) is 142 Å². The topological polar surface area (TPSA) is 366 Å². The number of hydrogen-bond donors (Lipinski definition) is 6. The average Bonchev–Trinajstić information content (AvgIpc) is 0.779. The zero-order valence-electron chi connectivity index (χ0n) is 72.9. The summed E-state index contributed by atoms with van der Waals surface area (Å²) < 4.78 is 131. The van der Waals surface area contributed by atoms with Crippen molar-refractivity contribution in [2.75, 3.05) is 192 Å². The van der Waals surface area contributed by atoms with Crippen LogP contribution < -0.4 is 20.5 Å². The summed E-state index contributed by atoms with van der Waals surface area (Å²) in [6.45, 7) is 16.8. The number of amides is 1. The van der Waals surface area contributed by atoms with Gasteiger partial charge in [0.2, 0.25) is 20.0 Å². The molecule has 704 valence electrons. The number of nitrogens with one attached hydrogen (secondary N) is 3. The van der Waals surface area contributed by atoms with E-state index in [4.69, 9.17) is 128 Å². The molecule has 0 radical (unpaired) electrons. The number of rotatable bonds is 48. The number of nitrogens with two attached hydrogens (primary N) is 1. The van der Waals surface area contributed by atoms with Crippen LogP contribution in [0.2, 0.25) is 30.1 Å². The number of carbonyl (C=O) groups is 4. The van der Waals surface area contributed by atoms with Gasteiger partial charge in [-0.2, -0.15) is 0 Å². The second-order valence-electron chi connectivity index (χ2n) is 30.3. The summed E-state index contributed by atoms with van der Waals surface area (Å²) in [4.78, 5) is 52.5. The zero-order valence-corrected chi connectivity index (χ0v) is 79.9. The largest absolute Gasteiger partial charge is 0.478 e. The Labute approximate surface area is 786 Å². The number of sulfone groups is 1. The average molecular weight is 1960 g/mol. The second kappa shape index (κ2) is 55.5. The number of Topliss-reactive ketones (excluding diaryl/α,β-unsaturated/α-hetero) is 1. The highest BCUT2D eigenvalue weighted by molar-refractivity contribution is 7.91. The Hall–Kier alpha value is -7.17. The fourth-order valence-electron chi connectivity index (χ4n) is 14.3. The van der Waals surface area contributed by atoms with Gasteiger partial charge in [-0.25, -0.2) is 44.3 Å². The number of fused-ring (bicyclic) bond motifs is 3. The maximum Gasteiger partial charge on any atom is 0.335 e. The molecule has 28 nitrogen and oxygen atoms in total. The molecule has 0 fully saturated rings. The molecule has 3 heterocycles. The van der Waals surface area contributed by atoms with Crippen LogP contribution in [0, 0.1) is 0 Å². The molecule has 3 aliphatic heterocycles. The Morgan fingerprint density at radius 1 is 0.395 bits per heavy atom. The molecule has 0 saturated carbocycles. The van der Waals surface area contributed by atoms with Gasteiger partial charge in [0.25, 0.3) is 5.91 Å². The first-order chi connectivity index (χ1) is 61.8. The molecule has 0 aliphatic carbocycles. The Morgan fingerprint density at radius 2 is 0.721 bits per heavy atom. The van der Waals surface area contributed by atoms with Gasteiger partial charge < -0.3 is 78.6 Å². The quantitative estimate of drug-likeness (QED) is 0.0152. The van der Waals surface area contributed by atoms with Crippen LogP contribution in [0.5, 0.6) is 0 Å². The number of carboxylic acids is 2. The minimum Gasteiger partial charge on any atom is -0.478 e. The third-order valence-corrected chi connectivity index (χ3v) is 27.0. The fraction of sp³-hybridized carbons (Fsp3) is 0.435. The number of carbonyl (C=O) groups excluding carboxylic acids is 2. The lowest BCUT2D eigenvalue weighted by Crippen LogP contribution is -2.31. The minimum absolute atomic E-state index is 0.00185. The van der Waals surface area contributed by atoms with Crippen LogP contribution in [0.3, 0.4) is 0 Å². The van der Waals surface area contributed by atoms with Gasteiger partial charge in [-0.15, -0.1) is 0 Å². The van der Waals surface area contributed by atoms with E-state index in [0.717, 1.165) is 69.7 Å². The van der Waals surface area contributed by atoms with Gasteiger partial charge in [-0.3, -0.25) is 9.59 Å². The van der Waals surface area contributed by atoms with Crippen LogP contribution in [0.25, 0.3) is 0 Å². The van der Waals surface area contributed by atoms with Crippen molar-refractivity contribution in [3.8, 4) is 0 Å². The maximum absolute atomic E-state index is 13.1. The summed E-state index contributed by atoms with van der Waals surface area (Å²) in [6.07, 6.45) is 1.52. The minimum atomic E-state index is -3.76. The molecule has 129 heavy (non-hydrogen) atoms. The highest BCUT2D eigenvalue weighted by atomic mass is 35.5. The highest BCUT2D eigenvalue weighted by Crippen LogP contribution is 2.43.